The van der Waals surface area contributed by atoms with E-state index in [4.69, 9.17) is 4.42 Å². The molecule has 0 aliphatic rings. The van der Waals surface area contributed by atoms with E-state index in [0.717, 1.165) is 17.5 Å². The topological polar surface area (TPSA) is 84.2 Å². The van der Waals surface area contributed by atoms with E-state index in [1.165, 1.54) is 27.3 Å². The van der Waals surface area contributed by atoms with E-state index in [-0.39, 0.29) is 18.2 Å². The van der Waals surface area contributed by atoms with Crippen LogP contribution in [0.1, 0.15) is 50.5 Å². The highest BCUT2D eigenvalue weighted by atomic mass is 32.1. The van der Waals surface area contributed by atoms with Crippen LogP contribution < -0.4 is 10.9 Å². The zero-order valence-electron chi connectivity index (χ0n) is 17.1. The summed E-state index contributed by atoms with van der Waals surface area (Å²) in [6, 6.07) is 7.93. The van der Waals surface area contributed by atoms with Gasteiger partial charge >= 0.3 is 0 Å². The Morgan fingerprint density at radius 1 is 1.07 bits per heavy atom. The van der Waals surface area contributed by atoms with Crippen molar-refractivity contribution in [2.24, 2.45) is 0 Å². The third kappa shape index (κ3) is 5.12. The summed E-state index contributed by atoms with van der Waals surface area (Å²) in [5.74, 6) is 0.561. The molecule has 2 heterocycles. The van der Waals surface area contributed by atoms with Crippen molar-refractivity contribution >= 4 is 23.2 Å². The van der Waals surface area contributed by atoms with Crippen LogP contribution in [0.5, 0.6) is 0 Å². The van der Waals surface area contributed by atoms with E-state index in [1.54, 1.807) is 6.20 Å². The average Bonchev–Trinajstić information content (AvgIpc) is 3.33. The first-order chi connectivity index (χ1) is 13.9. The maximum absolute atomic E-state index is 12.2. The number of benzene rings is 1. The highest BCUT2D eigenvalue weighted by molar-refractivity contribution is 7.14. The van der Waals surface area contributed by atoms with Crippen molar-refractivity contribution in [2.75, 3.05) is 0 Å². The number of amides is 2. The summed E-state index contributed by atoms with van der Waals surface area (Å²) in [7, 11) is 0. The highest BCUT2D eigenvalue weighted by Crippen LogP contribution is 2.24. The van der Waals surface area contributed by atoms with Gasteiger partial charge in [0, 0.05) is 23.3 Å². The van der Waals surface area contributed by atoms with Gasteiger partial charge in [0.25, 0.3) is 5.91 Å². The lowest BCUT2D eigenvalue weighted by Gasteiger charge is -2.05. The van der Waals surface area contributed by atoms with Crippen LogP contribution in [0.15, 0.2) is 34.9 Å². The molecule has 0 saturated heterocycles. The molecule has 2 amide bonds. The number of hydrazine groups is 1. The van der Waals surface area contributed by atoms with Crippen LogP contribution in [0.2, 0.25) is 0 Å². The van der Waals surface area contributed by atoms with Crippen LogP contribution in [-0.2, 0) is 17.6 Å². The smallest absolute Gasteiger partial charge is 0.279 e. The van der Waals surface area contributed by atoms with Gasteiger partial charge in [-0.1, -0.05) is 19.1 Å². The number of nitrogens with one attached hydrogen (secondary N) is 2. The zero-order chi connectivity index (χ0) is 21.0. The van der Waals surface area contributed by atoms with Crippen LogP contribution in [0.3, 0.4) is 0 Å². The average molecular weight is 412 g/mol. The molecule has 0 radical (unpaired) electrons. The monoisotopic (exact) mass is 411 g/mol. The van der Waals surface area contributed by atoms with E-state index in [2.05, 4.69) is 42.7 Å². The normalized spacial score (nSPS) is 10.8. The van der Waals surface area contributed by atoms with E-state index in [1.807, 2.05) is 25.1 Å². The van der Waals surface area contributed by atoms with E-state index in [0.29, 0.717) is 22.9 Å². The van der Waals surface area contributed by atoms with E-state index in [9.17, 15) is 9.59 Å². The molecule has 3 rings (SSSR count). The number of hydrogen-bond acceptors (Lipinski definition) is 5. The highest BCUT2D eigenvalue weighted by Gasteiger charge is 2.13. The van der Waals surface area contributed by atoms with Crippen molar-refractivity contribution in [3.8, 4) is 11.3 Å². The molecule has 29 heavy (non-hydrogen) atoms. The molecule has 0 fully saturated rings. The molecule has 7 heteroatoms. The minimum atomic E-state index is -0.306. The fourth-order valence-electron chi connectivity index (χ4n) is 2.91. The summed E-state index contributed by atoms with van der Waals surface area (Å²) in [5, 5.41) is 0. The minimum Gasteiger partial charge on any atom is -0.441 e. The Morgan fingerprint density at radius 3 is 2.55 bits per heavy atom. The number of thiophene rings is 1. The number of carbonyl (C=O) groups excluding carboxylic acids is 2. The molecule has 0 atom stereocenters. The third-order valence-corrected chi connectivity index (χ3v) is 6.17. The Kier molecular flexibility index (Phi) is 6.49. The molecule has 0 spiro atoms. The van der Waals surface area contributed by atoms with Crippen LogP contribution in [-0.4, -0.2) is 16.8 Å². The van der Waals surface area contributed by atoms with E-state index >= 15 is 0 Å². The maximum atomic E-state index is 12.2. The molecule has 0 aliphatic carbocycles. The summed E-state index contributed by atoms with van der Waals surface area (Å²) in [5.41, 5.74) is 9.37. The lowest BCUT2D eigenvalue weighted by atomic mass is 10.1. The zero-order valence-corrected chi connectivity index (χ0v) is 17.9. The summed E-state index contributed by atoms with van der Waals surface area (Å²) in [4.78, 5) is 30.2. The molecule has 3 aromatic rings. The molecule has 152 valence electrons. The predicted molar refractivity (Wildman–Crippen MR) is 114 cm³/mol. The first-order valence-electron chi connectivity index (χ1n) is 9.58. The number of aryl methyl sites for hydroxylation is 5. The quantitative estimate of drug-likeness (QED) is 0.593. The van der Waals surface area contributed by atoms with Crippen molar-refractivity contribution in [2.45, 2.75) is 47.0 Å². The molecule has 0 saturated carbocycles. The fourth-order valence-corrected chi connectivity index (χ4v) is 3.92. The van der Waals surface area contributed by atoms with Gasteiger partial charge in [0.1, 0.15) is 0 Å². The summed E-state index contributed by atoms with van der Waals surface area (Å²) >= 11 is 1.44. The lowest BCUT2D eigenvalue weighted by molar-refractivity contribution is -0.121. The number of hydrogen-bond donors (Lipinski definition) is 2. The van der Waals surface area contributed by atoms with Crippen molar-refractivity contribution in [1.82, 2.24) is 15.8 Å². The first kappa shape index (κ1) is 20.8. The number of oxazole rings is 1. The fraction of sp³-hybridized carbons (Fsp3) is 0.318. The van der Waals surface area contributed by atoms with Crippen LogP contribution in [0.4, 0.5) is 0 Å². The summed E-state index contributed by atoms with van der Waals surface area (Å²) < 4.78 is 5.76. The van der Waals surface area contributed by atoms with Crippen LogP contribution in [0, 0.1) is 20.8 Å². The Bertz CT molecular complexity index is 1040. The van der Waals surface area contributed by atoms with Crippen LogP contribution in [0.25, 0.3) is 11.3 Å². The van der Waals surface area contributed by atoms with E-state index < -0.39 is 0 Å². The summed E-state index contributed by atoms with van der Waals surface area (Å²) in [6.07, 6.45) is 3.07. The second kappa shape index (κ2) is 9.05. The first-order valence-corrected chi connectivity index (χ1v) is 10.4. The van der Waals surface area contributed by atoms with Crippen LogP contribution >= 0.6 is 11.3 Å². The molecule has 2 N–H and O–H groups in total. The molecule has 0 unspecified atom stereocenters. The Labute approximate surface area is 174 Å². The van der Waals surface area contributed by atoms with Gasteiger partial charge in [-0.05, 0) is 56.0 Å². The van der Waals surface area contributed by atoms with Gasteiger partial charge in [0.05, 0.1) is 11.1 Å². The second-order valence-corrected chi connectivity index (χ2v) is 8.13. The van der Waals surface area contributed by atoms with Gasteiger partial charge in [-0.15, -0.1) is 11.3 Å². The van der Waals surface area contributed by atoms with Crippen molar-refractivity contribution in [3.05, 3.63) is 62.8 Å². The second-order valence-electron chi connectivity index (χ2n) is 6.99. The Morgan fingerprint density at radius 2 is 1.86 bits per heavy atom. The molecule has 1 aromatic carbocycles. The lowest BCUT2D eigenvalue weighted by Crippen LogP contribution is -2.41. The third-order valence-electron chi connectivity index (χ3n) is 4.79. The predicted octanol–water partition coefficient (Wildman–Crippen LogP) is 4.28. The number of rotatable bonds is 6. The minimum absolute atomic E-state index is 0.164. The largest absolute Gasteiger partial charge is 0.441 e. The van der Waals surface area contributed by atoms with Gasteiger partial charge in [0.2, 0.25) is 5.91 Å². The van der Waals surface area contributed by atoms with Gasteiger partial charge in [0.15, 0.2) is 11.7 Å². The molecular weight excluding hydrogens is 386 g/mol. The van der Waals surface area contributed by atoms with Gasteiger partial charge in [-0.3, -0.25) is 20.4 Å². The molecular formula is C22H25N3O3S. The van der Waals surface area contributed by atoms with Gasteiger partial charge in [-0.2, -0.15) is 0 Å². The van der Waals surface area contributed by atoms with Crippen molar-refractivity contribution < 1.29 is 14.0 Å². The van der Waals surface area contributed by atoms with Crippen molar-refractivity contribution in [1.29, 1.82) is 0 Å². The summed E-state index contributed by atoms with van der Waals surface area (Å²) in [6.45, 7) is 8.14. The molecule has 6 nitrogen and oxygen atoms in total. The van der Waals surface area contributed by atoms with Gasteiger partial charge < -0.3 is 4.42 Å². The number of nitrogens with zero attached hydrogens (tertiary/aromatic N) is 1. The SMILES string of the molecule is CCc1sc(C(=O)NNC(=O)CCc2ncc(-c3ccc(C)c(C)c3)o2)cc1C. The molecule has 2 aromatic heterocycles. The Balaban J connectivity index is 1.50. The van der Waals surface area contributed by atoms with Crippen molar-refractivity contribution in [3.63, 3.8) is 0 Å². The molecule has 0 aliphatic heterocycles. The maximum Gasteiger partial charge on any atom is 0.279 e. The standard InChI is InChI=1S/C22H25N3O3S/c1-5-18-15(4)11-19(29-18)22(27)25-24-20(26)8-9-21-23-12-17(28-21)16-7-6-13(2)14(3)10-16/h6-7,10-12H,5,8-9H2,1-4H3,(H,24,26)(H,25,27). The van der Waals surface area contributed by atoms with Gasteiger partial charge in [-0.25, -0.2) is 4.98 Å². The Hall–Kier alpha value is -2.93. The number of carbonyl (C=O) groups is 2. The number of aromatic nitrogens is 1. The molecule has 0 bridgehead atoms.